The molecule has 0 radical (unpaired) electrons. The number of nitrogens with one attached hydrogen (secondary N) is 8. The van der Waals surface area contributed by atoms with Gasteiger partial charge in [0.1, 0.15) is 0 Å². The van der Waals surface area contributed by atoms with Crippen LogP contribution >= 0.6 is 0 Å². The van der Waals surface area contributed by atoms with Crippen LogP contribution in [0.3, 0.4) is 0 Å². The van der Waals surface area contributed by atoms with Crippen molar-refractivity contribution in [1.82, 2.24) is 42.5 Å². The molecule has 0 amide bonds. The van der Waals surface area contributed by atoms with Crippen molar-refractivity contribution in [2.75, 3.05) is 115 Å². The fourth-order valence-electron chi connectivity index (χ4n) is 5.59. The third-order valence-corrected chi connectivity index (χ3v) is 8.25. The van der Waals surface area contributed by atoms with Gasteiger partial charge in [-0.25, -0.2) is 0 Å². The van der Waals surface area contributed by atoms with E-state index in [1.165, 1.54) is 35.3 Å². The van der Waals surface area contributed by atoms with Crippen LogP contribution in [0.2, 0.25) is 0 Å². The highest BCUT2D eigenvalue weighted by Crippen LogP contribution is 2.25. The molecule has 0 unspecified atom stereocenters. The van der Waals surface area contributed by atoms with E-state index in [-0.39, 0.29) is 0 Å². The molecule has 246 valence electrons. The lowest BCUT2D eigenvalue weighted by Gasteiger charge is -2.27. The second-order valence-electron chi connectivity index (χ2n) is 11.9. The summed E-state index contributed by atoms with van der Waals surface area (Å²) in [5.74, 6) is 0. The van der Waals surface area contributed by atoms with Gasteiger partial charge in [-0.15, -0.1) is 0 Å². The van der Waals surface area contributed by atoms with E-state index in [2.05, 4.69) is 101 Å². The molecule has 2 fully saturated rings. The topological polar surface area (TPSA) is 103 Å². The van der Waals surface area contributed by atoms with E-state index in [9.17, 15) is 0 Å². The van der Waals surface area contributed by atoms with Crippen LogP contribution in [0.5, 0.6) is 0 Å². The van der Waals surface area contributed by atoms with E-state index < -0.39 is 0 Å². The van der Waals surface area contributed by atoms with Crippen LogP contribution in [0.1, 0.15) is 38.5 Å². The summed E-state index contributed by atoms with van der Waals surface area (Å²) in [6.07, 6.45) is 6.95. The quantitative estimate of drug-likeness (QED) is 0.264. The highest BCUT2D eigenvalue weighted by molar-refractivity contribution is 5.68. The lowest BCUT2D eigenvalue weighted by atomic mass is 10.0. The van der Waals surface area contributed by atoms with Crippen molar-refractivity contribution in [3.8, 4) is 11.1 Å². The molecule has 2 heterocycles. The third-order valence-electron chi connectivity index (χ3n) is 8.25. The van der Waals surface area contributed by atoms with Gasteiger partial charge in [-0.3, -0.25) is 21.3 Å². The van der Waals surface area contributed by atoms with E-state index in [0.717, 1.165) is 131 Å². The molecule has 2 aromatic rings. The van der Waals surface area contributed by atoms with Crippen LogP contribution in [0.25, 0.3) is 11.1 Å². The SMILES string of the molecule is c1cc(N2CNCCCNCCCNCCCNC2)ccc1-c1ccc(N2CNCCCNCCCNCCCNC2)cc1. The normalized spacial score (nSPS) is 21.1. The maximum Gasteiger partial charge on any atom is 0.0695 e. The van der Waals surface area contributed by atoms with Crippen molar-refractivity contribution in [2.45, 2.75) is 38.5 Å². The zero-order chi connectivity index (χ0) is 30.3. The minimum Gasteiger partial charge on any atom is -0.346 e. The van der Waals surface area contributed by atoms with E-state index in [0.29, 0.717) is 0 Å². The molecule has 8 N–H and O–H groups in total. The second kappa shape index (κ2) is 22.3. The Bertz CT molecular complexity index is 860. The summed E-state index contributed by atoms with van der Waals surface area (Å²) in [4.78, 5) is 4.80. The minimum absolute atomic E-state index is 0.838. The van der Waals surface area contributed by atoms with Crippen LogP contribution < -0.4 is 52.3 Å². The van der Waals surface area contributed by atoms with Crippen molar-refractivity contribution >= 4 is 11.4 Å². The maximum absolute atomic E-state index is 3.65. The first-order valence-corrected chi connectivity index (χ1v) is 17.3. The lowest BCUT2D eigenvalue weighted by molar-refractivity contribution is 0.527. The van der Waals surface area contributed by atoms with Gasteiger partial charge in [-0.1, -0.05) is 24.3 Å². The largest absolute Gasteiger partial charge is 0.346 e. The predicted octanol–water partition coefficient (Wildman–Crippen LogP) is 1.88. The standard InChI is InChI=1S/C34H60N10/c1-15-35-19-3-23-39-27-43(28-40-24-4-20-36-16-1)33-11-7-31(8-12-33)32-9-13-34(14-10-32)44-29-41-25-5-21-37-17-2-18-38-22-6-26-42-30-44/h7-14,35-42H,1-6,15-30H2. The summed E-state index contributed by atoms with van der Waals surface area (Å²) in [6.45, 7) is 16.1. The van der Waals surface area contributed by atoms with Gasteiger partial charge < -0.3 is 31.1 Å². The van der Waals surface area contributed by atoms with Crippen molar-refractivity contribution in [2.24, 2.45) is 0 Å². The van der Waals surface area contributed by atoms with Gasteiger partial charge in [0.25, 0.3) is 0 Å². The molecule has 0 saturated carbocycles. The molecule has 44 heavy (non-hydrogen) atoms. The van der Waals surface area contributed by atoms with E-state index in [1.807, 2.05) is 0 Å². The van der Waals surface area contributed by atoms with Crippen molar-refractivity contribution in [3.05, 3.63) is 48.5 Å². The van der Waals surface area contributed by atoms with Crippen LogP contribution in [-0.2, 0) is 0 Å². The minimum atomic E-state index is 0.838. The first kappa shape index (κ1) is 34.6. The molecule has 0 bridgehead atoms. The number of hydrogen-bond donors (Lipinski definition) is 8. The molecule has 10 heteroatoms. The number of nitrogens with zero attached hydrogens (tertiary/aromatic N) is 2. The van der Waals surface area contributed by atoms with Gasteiger partial charge in [0, 0.05) is 11.4 Å². The Balaban J connectivity index is 1.32. The molecule has 0 atom stereocenters. The van der Waals surface area contributed by atoms with Crippen LogP contribution in [0.4, 0.5) is 11.4 Å². The summed E-state index contributed by atoms with van der Waals surface area (Å²) in [6, 6.07) is 18.1. The first-order valence-electron chi connectivity index (χ1n) is 17.3. The molecule has 0 spiro atoms. The van der Waals surface area contributed by atoms with E-state index >= 15 is 0 Å². The number of rotatable bonds is 3. The first-order chi connectivity index (χ1) is 21.9. The van der Waals surface area contributed by atoms with Gasteiger partial charge in [0.05, 0.1) is 26.7 Å². The summed E-state index contributed by atoms with van der Waals surface area (Å²) in [7, 11) is 0. The second-order valence-corrected chi connectivity index (χ2v) is 11.9. The van der Waals surface area contributed by atoms with E-state index in [1.54, 1.807) is 0 Å². The Hall–Kier alpha value is -2.28. The Labute approximate surface area is 266 Å². The van der Waals surface area contributed by atoms with Gasteiger partial charge >= 0.3 is 0 Å². The zero-order valence-corrected chi connectivity index (χ0v) is 27.1. The third kappa shape index (κ3) is 13.8. The highest BCUT2D eigenvalue weighted by Gasteiger charge is 2.09. The Kier molecular flexibility index (Phi) is 17.5. The number of benzene rings is 2. The molecular formula is C34H60N10. The van der Waals surface area contributed by atoms with Crippen molar-refractivity contribution < 1.29 is 0 Å². The molecule has 10 nitrogen and oxygen atoms in total. The van der Waals surface area contributed by atoms with Crippen LogP contribution in [0.15, 0.2) is 48.5 Å². The van der Waals surface area contributed by atoms with Crippen molar-refractivity contribution in [3.63, 3.8) is 0 Å². The van der Waals surface area contributed by atoms with Gasteiger partial charge in [-0.2, -0.15) is 0 Å². The maximum atomic E-state index is 3.65. The van der Waals surface area contributed by atoms with Gasteiger partial charge in [0.15, 0.2) is 0 Å². The molecule has 2 saturated heterocycles. The van der Waals surface area contributed by atoms with Crippen LogP contribution in [0, 0.1) is 0 Å². The molecule has 2 aromatic carbocycles. The smallest absolute Gasteiger partial charge is 0.0695 e. The summed E-state index contributed by atoms with van der Waals surface area (Å²) < 4.78 is 0. The number of hydrogen-bond acceptors (Lipinski definition) is 10. The predicted molar refractivity (Wildman–Crippen MR) is 187 cm³/mol. The van der Waals surface area contributed by atoms with Gasteiger partial charge in [-0.05, 0) is 152 Å². The average Bonchev–Trinajstić information content (AvgIpc) is 3.05. The monoisotopic (exact) mass is 609 g/mol. The van der Waals surface area contributed by atoms with Gasteiger partial charge in [0.2, 0.25) is 0 Å². The van der Waals surface area contributed by atoms with E-state index in [4.69, 9.17) is 0 Å². The average molecular weight is 609 g/mol. The Morgan fingerprint density at radius 1 is 0.295 bits per heavy atom. The molecule has 4 rings (SSSR count). The summed E-state index contributed by atoms with van der Waals surface area (Å²) in [5, 5.41) is 28.8. The Morgan fingerprint density at radius 3 is 0.773 bits per heavy atom. The molecule has 0 aliphatic carbocycles. The zero-order valence-electron chi connectivity index (χ0n) is 27.1. The molecule has 2 aliphatic heterocycles. The molecular weight excluding hydrogens is 548 g/mol. The van der Waals surface area contributed by atoms with Crippen LogP contribution in [-0.4, -0.2) is 105 Å². The summed E-state index contributed by atoms with van der Waals surface area (Å²) >= 11 is 0. The lowest BCUT2D eigenvalue weighted by Crippen LogP contribution is -2.42. The Morgan fingerprint density at radius 2 is 0.523 bits per heavy atom. The number of anilines is 2. The highest BCUT2D eigenvalue weighted by atomic mass is 15.3. The fourth-order valence-corrected chi connectivity index (χ4v) is 5.59. The van der Waals surface area contributed by atoms with Crippen molar-refractivity contribution in [1.29, 1.82) is 0 Å². The fraction of sp³-hybridized carbons (Fsp3) is 0.647. The summed E-state index contributed by atoms with van der Waals surface area (Å²) in [5.41, 5.74) is 4.97. The molecule has 2 aliphatic rings. The molecule has 0 aromatic heterocycles.